The monoisotopic (exact) mass is 363 g/mol. The Morgan fingerprint density at radius 3 is 2.64 bits per heavy atom. The number of carbonyl (C=O) groups excluding carboxylic acids is 1. The van der Waals surface area contributed by atoms with Crippen LogP contribution in [0.15, 0.2) is 42.5 Å². The van der Waals surface area contributed by atoms with Crippen molar-refractivity contribution in [1.82, 2.24) is 5.32 Å². The predicted octanol–water partition coefficient (Wildman–Crippen LogP) is 2.34. The summed E-state index contributed by atoms with van der Waals surface area (Å²) in [4.78, 5) is 11.8. The Bertz CT molecular complexity index is 735. The summed E-state index contributed by atoms with van der Waals surface area (Å²) in [7, 11) is 0. The molecule has 132 valence electrons. The van der Waals surface area contributed by atoms with Gasteiger partial charge >= 0.3 is 0 Å². The number of carbonyl (C=O) groups is 1. The molecule has 3 rings (SSSR count). The molecule has 25 heavy (non-hydrogen) atoms. The quantitative estimate of drug-likeness (QED) is 0.823. The first kappa shape index (κ1) is 17.4. The molecule has 0 bridgehead atoms. The van der Waals surface area contributed by atoms with Gasteiger partial charge in [0, 0.05) is 11.6 Å². The van der Waals surface area contributed by atoms with Gasteiger partial charge in [0.25, 0.3) is 5.91 Å². The second-order valence-corrected chi connectivity index (χ2v) is 5.90. The van der Waals surface area contributed by atoms with Gasteiger partial charge in [0.1, 0.15) is 19.0 Å². The van der Waals surface area contributed by atoms with E-state index < -0.39 is 6.10 Å². The molecule has 0 saturated heterocycles. The summed E-state index contributed by atoms with van der Waals surface area (Å²) in [6.07, 6.45) is -0.852. The largest absolute Gasteiger partial charge is 0.486 e. The molecule has 1 amide bonds. The van der Waals surface area contributed by atoms with Gasteiger partial charge in [-0.2, -0.15) is 0 Å². The number of aliphatic hydroxyl groups excluding tert-OH is 1. The van der Waals surface area contributed by atoms with E-state index in [1.54, 1.807) is 42.5 Å². The van der Waals surface area contributed by atoms with Crippen LogP contribution in [-0.2, 0) is 4.79 Å². The first-order valence-corrected chi connectivity index (χ1v) is 8.22. The van der Waals surface area contributed by atoms with Crippen molar-refractivity contribution in [3.05, 3.63) is 53.1 Å². The van der Waals surface area contributed by atoms with Gasteiger partial charge in [0.15, 0.2) is 18.1 Å². The summed E-state index contributed by atoms with van der Waals surface area (Å²) in [6, 6.07) is 11.9. The fourth-order valence-corrected chi connectivity index (χ4v) is 2.45. The van der Waals surface area contributed by atoms with E-state index in [1.165, 1.54) is 0 Å². The van der Waals surface area contributed by atoms with E-state index in [0.29, 0.717) is 41.0 Å². The second kappa shape index (κ2) is 8.09. The van der Waals surface area contributed by atoms with Crippen molar-refractivity contribution in [2.45, 2.75) is 6.10 Å². The van der Waals surface area contributed by atoms with Gasteiger partial charge in [-0.25, -0.2) is 0 Å². The van der Waals surface area contributed by atoms with Crippen LogP contribution in [0, 0.1) is 0 Å². The van der Waals surface area contributed by atoms with Crippen molar-refractivity contribution < 1.29 is 24.1 Å². The lowest BCUT2D eigenvalue weighted by atomic mass is 10.1. The van der Waals surface area contributed by atoms with Gasteiger partial charge in [-0.05, 0) is 42.0 Å². The highest BCUT2D eigenvalue weighted by Gasteiger charge is 2.16. The molecule has 1 aliphatic heterocycles. The number of amides is 1. The van der Waals surface area contributed by atoms with Crippen molar-refractivity contribution in [3.8, 4) is 17.2 Å². The smallest absolute Gasteiger partial charge is 0.258 e. The number of halogens is 1. The minimum absolute atomic E-state index is 0.0719. The lowest BCUT2D eigenvalue weighted by Crippen LogP contribution is -2.32. The minimum atomic E-state index is -0.852. The van der Waals surface area contributed by atoms with Crippen molar-refractivity contribution in [3.63, 3.8) is 0 Å². The van der Waals surface area contributed by atoms with E-state index in [0.717, 1.165) is 0 Å². The molecular weight excluding hydrogens is 346 g/mol. The zero-order valence-corrected chi connectivity index (χ0v) is 14.2. The number of hydrogen-bond acceptors (Lipinski definition) is 5. The Balaban J connectivity index is 1.47. The summed E-state index contributed by atoms with van der Waals surface area (Å²) in [5.74, 6) is 1.47. The van der Waals surface area contributed by atoms with Gasteiger partial charge in [0.2, 0.25) is 0 Å². The molecule has 2 aromatic rings. The zero-order chi connectivity index (χ0) is 17.6. The lowest BCUT2D eigenvalue weighted by molar-refractivity contribution is -0.123. The summed E-state index contributed by atoms with van der Waals surface area (Å²) >= 11 is 5.78. The number of benzene rings is 2. The number of nitrogens with one attached hydrogen (secondary N) is 1. The molecule has 7 heteroatoms. The van der Waals surface area contributed by atoms with Crippen LogP contribution in [0.25, 0.3) is 0 Å². The maximum atomic E-state index is 11.8. The first-order valence-electron chi connectivity index (χ1n) is 7.84. The van der Waals surface area contributed by atoms with E-state index in [-0.39, 0.29) is 19.1 Å². The molecule has 1 unspecified atom stereocenters. The van der Waals surface area contributed by atoms with E-state index >= 15 is 0 Å². The second-order valence-electron chi connectivity index (χ2n) is 5.47. The Kier molecular flexibility index (Phi) is 5.63. The van der Waals surface area contributed by atoms with Gasteiger partial charge in [-0.1, -0.05) is 17.7 Å². The summed E-state index contributed by atoms with van der Waals surface area (Å²) in [6.45, 7) is 0.918. The van der Waals surface area contributed by atoms with E-state index in [2.05, 4.69) is 5.32 Å². The fraction of sp³-hybridized carbons (Fsp3) is 0.278. The van der Waals surface area contributed by atoms with Crippen molar-refractivity contribution in [2.24, 2.45) is 0 Å². The molecule has 0 spiro atoms. The van der Waals surface area contributed by atoms with Crippen LogP contribution in [0.2, 0.25) is 5.02 Å². The van der Waals surface area contributed by atoms with E-state index in [9.17, 15) is 9.90 Å². The van der Waals surface area contributed by atoms with E-state index in [4.69, 9.17) is 25.8 Å². The Morgan fingerprint density at radius 2 is 1.88 bits per heavy atom. The Morgan fingerprint density at radius 1 is 1.16 bits per heavy atom. The highest BCUT2D eigenvalue weighted by Crippen LogP contribution is 2.32. The molecular formula is C18H18ClNO5. The summed E-state index contributed by atoms with van der Waals surface area (Å²) in [5.41, 5.74) is 0.642. The maximum Gasteiger partial charge on any atom is 0.258 e. The van der Waals surface area contributed by atoms with Crippen molar-refractivity contribution >= 4 is 17.5 Å². The highest BCUT2D eigenvalue weighted by atomic mass is 35.5. The number of rotatable bonds is 6. The normalized spacial score (nSPS) is 13.8. The highest BCUT2D eigenvalue weighted by molar-refractivity contribution is 6.30. The Labute approximate surface area is 150 Å². The van der Waals surface area contributed by atoms with Gasteiger partial charge in [0.05, 0.1) is 6.10 Å². The average Bonchev–Trinajstić information content (AvgIpc) is 2.65. The molecule has 1 heterocycles. The molecule has 2 aromatic carbocycles. The SMILES string of the molecule is O=C(COc1ccc(Cl)cc1)NCC(O)c1ccc2c(c1)OCCO2. The minimum Gasteiger partial charge on any atom is -0.486 e. The molecule has 0 aromatic heterocycles. The van der Waals surface area contributed by atoms with Crippen molar-refractivity contribution in [1.29, 1.82) is 0 Å². The van der Waals surface area contributed by atoms with Crippen LogP contribution in [-0.4, -0.2) is 37.4 Å². The molecule has 0 radical (unpaired) electrons. The topological polar surface area (TPSA) is 77.0 Å². The third-order valence-corrected chi connectivity index (χ3v) is 3.88. The number of fused-ring (bicyclic) bond motifs is 1. The molecule has 6 nitrogen and oxygen atoms in total. The number of hydrogen-bond donors (Lipinski definition) is 2. The van der Waals surface area contributed by atoms with Crippen LogP contribution in [0.5, 0.6) is 17.2 Å². The van der Waals surface area contributed by atoms with E-state index in [1.807, 2.05) is 0 Å². The van der Waals surface area contributed by atoms with Crippen molar-refractivity contribution in [2.75, 3.05) is 26.4 Å². The van der Waals surface area contributed by atoms with Gasteiger partial charge < -0.3 is 24.6 Å². The van der Waals surface area contributed by atoms with Crippen LogP contribution < -0.4 is 19.5 Å². The van der Waals surface area contributed by atoms with Crippen LogP contribution in [0.4, 0.5) is 0 Å². The fourth-order valence-electron chi connectivity index (χ4n) is 2.33. The zero-order valence-electron chi connectivity index (χ0n) is 13.4. The molecule has 0 fully saturated rings. The summed E-state index contributed by atoms with van der Waals surface area (Å²) < 4.78 is 16.3. The number of aliphatic hydroxyl groups is 1. The standard InChI is InChI=1S/C18H18ClNO5/c19-13-2-4-14(5-3-13)25-11-18(22)20-10-15(21)12-1-6-16-17(9-12)24-8-7-23-16/h1-6,9,15,21H,7-8,10-11H2,(H,20,22). The van der Waals surface area contributed by atoms with Gasteiger partial charge in [-0.15, -0.1) is 0 Å². The Hall–Kier alpha value is -2.44. The average molecular weight is 364 g/mol. The number of ether oxygens (including phenoxy) is 3. The molecule has 0 saturated carbocycles. The van der Waals surface area contributed by atoms with Gasteiger partial charge in [-0.3, -0.25) is 4.79 Å². The predicted molar refractivity (Wildman–Crippen MR) is 92.3 cm³/mol. The third-order valence-electron chi connectivity index (χ3n) is 3.63. The van der Waals surface area contributed by atoms with Crippen LogP contribution >= 0.6 is 11.6 Å². The molecule has 0 aliphatic carbocycles. The van der Waals surface area contributed by atoms with Crippen LogP contribution in [0.3, 0.4) is 0 Å². The first-order chi connectivity index (χ1) is 12.1. The lowest BCUT2D eigenvalue weighted by Gasteiger charge is -2.20. The molecule has 2 N–H and O–H groups in total. The summed E-state index contributed by atoms with van der Waals surface area (Å²) in [5, 5.41) is 13.4. The molecule has 1 atom stereocenters. The van der Waals surface area contributed by atoms with Crippen LogP contribution in [0.1, 0.15) is 11.7 Å². The molecule has 1 aliphatic rings. The maximum absolute atomic E-state index is 11.8. The third kappa shape index (κ3) is 4.78.